The summed E-state index contributed by atoms with van der Waals surface area (Å²) in [7, 11) is 3.23. The predicted octanol–water partition coefficient (Wildman–Crippen LogP) is 0.982. The number of hydrogen-bond donors (Lipinski definition) is 0. The Morgan fingerprint density at radius 1 is 1.27 bits per heavy atom. The first-order valence-electron chi connectivity index (χ1n) is 4.00. The summed E-state index contributed by atoms with van der Waals surface area (Å²) < 4.78 is 0. The maximum Gasteiger partial charge on any atom is 0.282 e. The van der Waals surface area contributed by atoms with Gasteiger partial charge < -0.3 is 0 Å². The molecule has 1 aliphatic heterocycles. The van der Waals surface area contributed by atoms with E-state index in [1.54, 1.807) is 0 Å². The lowest BCUT2D eigenvalue weighted by Gasteiger charge is -2.02. The van der Waals surface area contributed by atoms with Gasteiger partial charge in [-0.15, -0.1) is 0 Å². The molecule has 1 radical (unpaired) electrons. The van der Waals surface area contributed by atoms with Gasteiger partial charge in [0.2, 0.25) is 0 Å². The Hall–Kier alpha value is -2.24. The first-order chi connectivity index (χ1) is 7.04. The molecule has 75 valence electrons. The third-order valence-corrected chi connectivity index (χ3v) is 2.17. The SMILES string of the molecule is [CH2]N1C(=O)c2cccc([N+](=O)[O-])c2C1=O. The summed E-state index contributed by atoms with van der Waals surface area (Å²) in [5, 5.41) is 10.6. The van der Waals surface area contributed by atoms with Crippen molar-refractivity contribution in [2.45, 2.75) is 0 Å². The van der Waals surface area contributed by atoms with E-state index in [4.69, 9.17) is 0 Å². The Balaban J connectivity index is 2.74. The Morgan fingerprint density at radius 2 is 1.93 bits per heavy atom. The lowest BCUT2D eigenvalue weighted by Crippen LogP contribution is -2.22. The van der Waals surface area contributed by atoms with Crippen molar-refractivity contribution < 1.29 is 14.5 Å². The highest BCUT2D eigenvalue weighted by Crippen LogP contribution is 2.29. The first-order valence-corrected chi connectivity index (χ1v) is 4.00. The molecule has 0 saturated carbocycles. The number of carbonyl (C=O) groups excluding carboxylic acids is 2. The maximum atomic E-state index is 11.5. The highest BCUT2D eigenvalue weighted by molar-refractivity contribution is 6.23. The van der Waals surface area contributed by atoms with Crippen LogP contribution < -0.4 is 0 Å². The quantitative estimate of drug-likeness (QED) is 0.389. The lowest BCUT2D eigenvalue weighted by atomic mass is 10.1. The highest BCUT2D eigenvalue weighted by atomic mass is 16.6. The van der Waals surface area contributed by atoms with Crippen LogP contribution in [0, 0.1) is 17.2 Å². The largest absolute Gasteiger partial charge is 0.282 e. The number of nitro groups is 1. The van der Waals surface area contributed by atoms with E-state index in [0.717, 1.165) is 0 Å². The van der Waals surface area contributed by atoms with Crippen molar-refractivity contribution in [1.82, 2.24) is 4.90 Å². The van der Waals surface area contributed by atoms with Gasteiger partial charge >= 0.3 is 0 Å². The lowest BCUT2D eigenvalue weighted by molar-refractivity contribution is -0.385. The van der Waals surface area contributed by atoms with E-state index < -0.39 is 16.7 Å². The zero-order valence-corrected chi connectivity index (χ0v) is 7.47. The minimum atomic E-state index is -0.734. The van der Waals surface area contributed by atoms with Gasteiger partial charge in [-0.1, -0.05) is 6.07 Å². The first kappa shape index (κ1) is 9.32. The summed E-state index contributed by atoms with van der Waals surface area (Å²) in [6.45, 7) is 0. The van der Waals surface area contributed by atoms with Crippen molar-refractivity contribution >= 4 is 17.5 Å². The fourth-order valence-electron chi connectivity index (χ4n) is 1.47. The molecule has 1 heterocycles. The van der Waals surface area contributed by atoms with E-state index in [2.05, 4.69) is 7.05 Å². The number of fused-ring (bicyclic) bond motifs is 1. The van der Waals surface area contributed by atoms with Crippen LogP contribution in [0.15, 0.2) is 18.2 Å². The zero-order chi connectivity index (χ0) is 11.2. The van der Waals surface area contributed by atoms with Crippen molar-refractivity contribution in [1.29, 1.82) is 0 Å². The van der Waals surface area contributed by atoms with E-state index in [0.29, 0.717) is 4.90 Å². The molecular formula is C9H5N2O4. The number of nitrogens with zero attached hydrogens (tertiary/aromatic N) is 2. The molecule has 0 N–H and O–H groups in total. The number of carbonyl (C=O) groups is 2. The van der Waals surface area contributed by atoms with Gasteiger partial charge in [-0.05, 0) is 6.07 Å². The third-order valence-electron chi connectivity index (χ3n) is 2.17. The van der Waals surface area contributed by atoms with Gasteiger partial charge in [0.25, 0.3) is 17.5 Å². The van der Waals surface area contributed by atoms with Crippen LogP contribution in [0.5, 0.6) is 0 Å². The Labute approximate surface area is 84.3 Å². The number of hydrogen-bond acceptors (Lipinski definition) is 4. The van der Waals surface area contributed by atoms with Crippen LogP contribution in [0.1, 0.15) is 20.7 Å². The van der Waals surface area contributed by atoms with Gasteiger partial charge in [0.15, 0.2) is 0 Å². The monoisotopic (exact) mass is 205 g/mol. The van der Waals surface area contributed by atoms with Crippen LogP contribution in [-0.4, -0.2) is 21.6 Å². The predicted molar refractivity (Wildman–Crippen MR) is 49.0 cm³/mol. The highest BCUT2D eigenvalue weighted by Gasteiger charge is 2.38. The average Bonchev–Trinajstić information content (AvgIpc) is 2.44. The summed E-state index contributed by atoms with van der Waals surface area (Å²) in [5.74, 6) is -1.35. The second-order valence-electron chi connectivity index (χ2n) is 3.00. The average molecular weight is 205 g/mol. The van der Waals surface area contributed by atoms with Crippen molar-refractivity contribution in [2.75, 3.05) is 0 Å². The van der Waals surface area contributed by atoms with Gasteiger partial charge in [-0.3, -0.25) is 24.6 Å². The molecule has 0 atom stereocenters. The smallest absolute Gasteiger partial charge is 0.272 e. The number of imide groups is 1. The summed E-state index contributed by atoms with van der Waals surface area (Å²) >= 11 is 0. The molecule has 1 aromatic carbocycles. The van der Waals surface area contributed by atoms with E-state index in [1.807, 2.05) is 0 Å². The van der Waals surface area contributed by atoms with Crippen LogP contribution in [0.25, 0.3) is 0 Å². The van der Waals surface area contributed by atoms with Gasteiger partial charge in [-0.2, -0.15) is 0 Å². The molecule has 6 heteroatoms. The number of rotatable bonds is 1. The van der Waals surface area contributed by atoms with E-state index in [-0.39, 0.29) is 16.8 Å². The van der Waals surface area contributed by atoms with Crippen LogP contribution in [0.3, 0.4) is 0 Å². The van der Waals surface area contributed by atoms with Crippen molar-refractivity contribution in [3.05, 3.63) is 46.5 Å². The fraction of sp³-hybridized carbons (Fsp3) is 0. The second-order valence-corrected chi connectivity index (χ2v) is 3.00. The van der Waals surface area contributed by atoms with E-state index >= 15 is 0 Å². The molecule has 0 fully saturated rings. The minimum Gasteiger partial charge on any atom is -0.272 e. The molecule has 1 aromatic rings. The maximum absolute atomic E-state index is 11.5. The number of benzene rings is 1. The number of nitro benzene ring substituents is 1. The van der Waals surface area contributed by atoms with Crippen molar-refractivity contribution in [3.8, 4) is 0 Å². The molecule has 2 rings (SSSR count). The minimum absolute atomic E-state index is 0.0317. The van der Waals surface area contributed by atoms with Crippen LogP contribution in [0.4, 0.5) is 5.69 Å². The normalized spacial score (nSPS) is 14.3. The van der Waals surface area contributed by atoms with Crippen molar-refractivity contribution in [2.24, 2.45) is 0 Å². The van der Waals surface area contributed by atoms with Crippen LogP contribution in [0.2, 0.25) is 0 Å². The summed E-state index contributed by atoms with van der Waals surface area (Å²) in [6, 6.07) is 3.91. The topological polar surface area (TPSA) is 80.5 Å². The van der Waals surface area contributed by atoms with Crippen LogP contribution >= 0.6 is 0 Å². The molecule has 0 bridgehead atoms. The van der Waals surface area contributed by atoms with Crippen molar-refractivity contribution in [3.63, 3.8) is 0 Å². The molecule has 0 aliphatic carbocycles. The molecule has 0 unspecified atom stereocenters. The summed E-state index contributed by atoms with van der Waals surface area (Å²) in [6.07, 6.45) is 0. The second kappa shape index (κ2) is 2.88. The zero-order valence-electron chi connectivity index (χ0n) is 7.47. The van der Waals surface area contributed by atoms with Gasteiger partial charge in [0.1, 0.15) is 5.56 Å². The van der Waals surface area contributed by atoms with E-state index in [1.165, 1.54) is 18.2 Å². The van der Waals surface area contributed by atoms with Crippen LogP contribution in [-0.2, 0) is 0 Å². The fourth-order valence-corrected chi connectivity index (χ4v) is 1.47. The Bertz CT molecular complexity index is 495. The Morgan fingerprint density at radius 3 is 2.53 bits per heavy atom. The standard InChI is InChI=1S/C9H5N2O4/c1-10-8(12)5-3-2-4-6(11(14)15)7(5)9(10)13/h2-4H,1H2. The van der Waals surface area contributed by atoms with E-state index in [9.17, 15) is 19.7 Å². The third kappa shape index (κ3) is 1.11. The molecule has 0 spiro atoms. The molecule has 0 aromatic heterocycles. The Kier molecular flexibility index (Phi) is 1.79. The molecule has 15 heavy (non-hydrogen) atoms. The van der Waals surface area contributed by atoms with Gasteiger partial charge in [-0.25, -0.2) is 0 Å². The molecular weight excluding hydrogens is 200 g/mol. The molecule has 2 amide bonds. The number of amides is 2. The molecule has 1 aliphatic rings. The van der Waals surface area contributed by atoms with Gasteiger partial charge in [0, 0.05) is 13.1 Å². The summed E-state index contributed by atoms with van der Waals surface area (Å²) in [4.78, 5) is 33.4. The molecule has 6 nitrogen and oxygen atoms in total. The summed E-state index contributed by atoms with van der Waals surface area (Å²) in [5.41, 5.74) is -0.510. The van der Waals surface area contributed by atoms with Gasteiger partial charge in [0.05, 0.1) is 10.5 Å². The molecule has 0 saturated heterocycles.